The molecule has 2 aromatic rings. The number of benzene rings is 2. The highest BCUT2D eigenvalue weighted by molar-refractivity contribution is 6.31. The van der Waals surface area contributed by atoms with E-state index in [1.165, 1.54) is 12.1 Å². The van der Waals surface area contributed by atoms with E-state index in [4.69, 9.17) is 22.1 Å². The molecule has 0 spiro atoms. The SMILES string of the molecule is Cc1ccc(C)c(Oc2cc(F)c(Cl)cc2N)c1. The summed E-state index contributed by atoms with van der Waals surface area (Å²) in [6.45, 7) is 3.87. The van der Waals surface area contributed by atoms with Gasteiger partial charge in [0.15, 0.2) is 5.75 Å². The molecular weight excluding hydrogens is 253 g/mol. The molecule has 0 radical (unpaired) electrons. The number of hydrogen-bond acceptors (Lipinski definition) is 2. The summed E-state index contributed by atoms with van der Waals surface area (Å²) in [6.07, 6.45) is 0. The third-order valence-electron chi connectivity index (χ3n) is 2.62. The van der Waals surface area contributed by atoms with Crippen molar-refractivity contribution in [1.82, 2.24) is 0 Å². The molecule has 0 aliphatic carbocycles. The lowest BCUT2D eigenvalue weighted by molar-refractivity contribution is 0.475. The van der Waals surface area contributed by atoms with Crippen LogP contribution in [-0.4, -0.2) is 0 Å². The Morgan fingerprint density at radius 1 is 1.11 bits per heavy atom. The minimum absolute atomic E-state index is 0.0131. The normalized spacial score (nSPS) is 10.4. The van der Waals surface area contributed by atoms with Gasteiger partial charge in [-0.25, -0.2) is 4.39 Å². The van der Waals surface area contributed by atoms with Gasteiger partial charge in [0.1, 0.15) is 11.6 Å². The molecule has 0 aliphatic rings. The molecule has 94 valence electrons. The summed E-state index contributed by atoms with van der Waals surface area (Å²) < 4.78 is 19.0. The highest BCUT2D eigenvalue weighted by Crippen LogP contribution is 2.33. The van der Waals surface area contributed by atoms with Crippen molar-refractivity contribution in [3.63, 3.8) is 0 Å². The van der Waals surface area contributed by atoms with E-state index < -0.39 is 5.82 Å². The molecule has 2 N–H and O–H groups in total. The van der Waals surface area contributed by atoms with Gasteiger partial charge < -0.3 is 10.5 Å². The Morgan fingerprint density at radius 2 is 1.83 bits per heavy atom. The zero-order chi connectivity index (χ0) is 13.3. The first-order valence-corrected chi connectivity index (χ1v) is 5.85. The molecule has 0 unspecified atom stereocenters. The van der Waals surface area contributed by atoms with Crippen molar-refractivity contribution in [2.45, 2.75) is 13.8 Å². The van der Waals surface area contributed by atoms with E-state index in [0.717, 1.165) is 11.1 Å². The van der Waals surface area contributed by atoms with Gasteiger partial charge in [0.05, 0.1) is 10.7 Å². The van der Waals surface area contributed by atoms with Crippen LogP contribution in [0.3, 0.4) is 0 Å². The molecule has 0 saturated carbocycles. The number of hydrogen-bond donors (Lipinski definition) is 1. The van der Waals surface area contributed by atoms with Crippen LogP contribution in [0.4, 0.5) is 10.1 Å². The van der Waals surface area contributed by atoms with Crippen molar-refractivity contribution in [3.05, 3.63) is 52.3 Å². The first-order valence-electron chi connectivity index (χ1n) is 5.47. The van der Waals surface area contributed by atoms with E-state index in [9.17, 15) is 4.39 Å². The van der Waals surface area contributed by atoms with Crippen molar-refractivity contribution in [2.75, 3.05) is 5.73 Å². The molecule has 0 bridgehead atoms. The Labute approximate surface area is 110 Å². The van der Waals surface area contributed by atoms with E-state index in [0.29, 0.717) is 11.4 Å². The fourth-order valence-corrected chi connectivity index (χ4v) is 1.74. The lowest BCUT2D eigenvalue weighted by Crippen LogP contribution is -1.95. The molecule has 18 heavy (non-hydrogen) atoms. The van der Waals surface area contributed by atoms with Gasteiger partial charge in [0.25, 0.3) is 0 Å². The second-order valence-electron chi connectivity index (χ2n) is 4.18. The average Bonchev–Trinajstić information content (AvgIpc) is 2.30. The van der Waals surface area contributed by atoms with Crippen LogP contribution in [0.1, 0.15) is 11.1 Å². The minimum Gasteiger partial charge on any atom is -0.455 e. The molecule has 0 saturated heterocycles. The highest BCUT2D eigenvalue weighted by Gasteiger charge is 2.09. The van der Waals surface area contributed by atoms with Crippen LogP contribution in [0.5, 0.6) is 11.5 Å². The van der Waals surface area contributed by atoms with E-state index in [-0.39, 0.29) is 10.8 Å². The largest absolute Gasteiger partial charge is 0.455 e. The van der Waals surface area contributed by atoms with Crippen molar-refractivity contribution in [2.24, 2.45) is 0 Å². The number of nitrogen functional groups attached to an aromatic ring is 1. The van der Waals surface area contributed by atoms with Crippen LogP contribution in [0.25, 0.3) is 0 Å². The first kappa shape index (κ1) is 12.7. The van der Waals surface area contributed by atoms with Gasteiger partial charge in [-0.05, 0) is 37.1 Å². The van der Waals surface area contributed by atoms with Crippen molar-refractivity contribution < 1.29 is 9.13 Å². The van der Waals surface area contributed by atoms with Gasteiger partial charge in [-0.15, -0.1) is 0 Å². The van der Waals surface area contributed by atoms with Gasteiger partial charge in [-0.1, -0.05) is 23.7 Å². The number of nitrogens with two attached hydrogens (primary N) is 1. The molecule has 0 atom stereocenters. The lowest BCUT2D eigenvalue weighted by atomic mass is 10.1. The Bertz CT molecular complexity index is 599. The summed E-state index contributed by atoms with van der Waals surface area (Å²) in [5.41, 5.74) is 8.07. The molecule has 0 aromatic heterocycles. The van der Waals surface area contributed by atoms with Crippen molar-refractivity contribution >= 4 is 17.3 Å². The Balaban J connectivity index is 2.40. The summed E-state index contributed by atoms with van der Waals surface area (Å²) in [5.74, 6) is 0.375. The molecule has 0 amide bonds. The Kier molecular flexibility index (Phi) is 3.43. The van der Waals surface area contributed by atoms with Crippen molar-refractivity contribution in [1.29, 1.82) is 0 Å². The summed E-state index contributed by atoms with van der Waals surface area (Å²) in [5, 5.41) is -0.0131. The zero-order valence-corrected chi connectivity index (χ0v) is 10.9. The Morgan fingerprint density at radius 3 is 2.56 bits per heavy atom. The molecule has 2 nitrogen and oxygen atoms in total. The maximum Gasteiger partial charge on any atom is 0.153 e. The average molecular weight is 266 g/mol. The van der Waals surface area contributed by atoms with Crippen LogP contribution in [0.2, 0.25) is 5.02 Å². The van der Waals surface area contributed by atoms with Gasteiger partial charge in [-0.3, -0.25) is 0 Å². The molecule has 2 rings (SSSR count). The minimum atomic E-state index is -0.550. The number of halogens is 2. The second-order valence-corrected chi connectivity index (χ2v) is 4.58. The molecule has 0 heterocycles. The van der Waals surface area contributed by atoms with Crippen LogP contribution < -0.4 is 10.5 Å². The van der Waals surface area contributed by atoms with Crippen LogP contribution >= 0.6 is 11.6 Å². The number of anilines is 1. The number of rotatable bonds is 2. The summed E-state index contributed by atoms with van der Waals surface area (Å²) in [4.78, 5) is 0. The molecule has 2 aromatic carbocycles. The highest BCUT2D eigenvalue weighted by atomic mass is 35.5. The van der Waals surface area contributed by atoms with Crippen LogP contribution in [0.15, 0.2) is 30.3 Å². The van der Waals surface area contributed by atoms with Gasteiger partial charge in [0, 0.05) is 6.07 Å². The number of aryl methyl sites for hydroxylation is 2. The summed E-state index contributed by atoms with van der Waals surface area (Å²) in [7, 11) is 0. The smallest absolute Gasteiger partial charge is 0.153 e. The van der Waals surface area contributed by atoms with Crippen molar-refractivity contribution in [3.8, 4) is 11.5 Å². The molecule has 0 fully saturated rings. The zero-order valence-electron chi connectivity index (χ0n) is 10.1. The third-order valence-corrected chi connectivity index (χ3v) is 2.91. The topological polar surface area (TPSA) is 35.2 Å². The van der Waals surface area contributed by atoms with Gasteiger partial charge in [0.2, 0.25) is 0 Å². The molecule has 4 heteroatoms. The van der Waals surface area contributed by atoms with E-state index >= 15 is 0 Å². The Hall–Kier alpha value is -1.74. The number of ether oxygens (including phenoxy) is 1. The van der Waals surface area contributed by atoms with Crippen LogP contribution in [0, 0.1) is 19.7 Å². The third kappa shape index (κ3) is 2.57. The maximum absolute atomic E-state index is 13.4. The molecular formula is C14H13ClFNO. The lowest BCUT2D eigenvalue weighted by Gasteiger charge is -2.12. The van der Waals surface area contributed by atoms with Crippen LogP contribution in [-0.2, 0) is 0 Å². The monoisotopic (exact) mass is 265 g/mol. The standard InChI is InChI=1S/C14H13ClFNO/c1-8-3-4-9(2)13(5-8)18-14-7-11(16)10(15)6-12(14)17/h3-7H,17H2,1-2H3. The summed E-state index contributed by atoms with van der Waals surface area (Å²) >= 11 is 5.63. The second kappa shape index (κ2) is 4.86. The summed E-state index contributed by atoms with van der Waals surface area (Å²) in [6, 6.07) is 8.33. The molecule has 0 aliphatic heterocycles. The predicted octanol–water partition coefficient (Wildman–Crippen LogP) is 4.47. The van der Waals surface area contributed by atoms with E-state index in [1.54, 1.807) is 0 Å². The first-order chi connectivity index (χ1) is 8.47. The van der Waals surface area contributed by atoms with E-state index in [2.05, 4.69) is 0 Å². The van der Waals surface area contributed by atoms with Gasteiger partial charge >= 0.3 is 0 Å². The predicted molar refractivity (Wildman–Crippen MR) is 71.8 cm³/mol. The fourth-order valence-electron chi connectivity index (χ4n) is 1.57. The maximum atomic E-state index is 13.4. The van der Waals surface area contributed by atoms with E-state index in [1.807, 2.05) is 32.0 Å². The quantitative estimate of drug-likeness (QED) is 0.813. The fraction of sp³-hybridized carbons (Fsp3) is 0.143. The van der Waals surface area contributed by atoms with Gasteiger partial charge in [-0.2, -0.15) is 0 Å².